The minimum atomic E-state index is -0.116. The van der Waals surface area contributed by atoms with Gasteiger partial charge in [-0.3, -0.25) is 19.2 Å². The SMILES string of the molecule is Cn1nccc1C(=O)NC[C@H]1[C@H]2CN(CC(=O)N3CCCCC3)C[C@]23CC[C@H]1O3. The van der Waals surface area contributed by atoms with Crippen LogP contribution < -0.4 is 5.32 Å². The molecule has 8 heteroatoms. The van der Waals surface area contributed by atoms with Crippen LogP contribution in [-0.2, 0) is 16.6 Å². The van der Waals surface area contributed by atoms with Crippen molar-refractivity contribution in [2.24, 2.45) is 18.9 Å². The van der Waals surface area contributed by atoms with Crippen molar-refractivity contribution < 1.29 is 14.3 Å². The van der Waals surface area contributed by atoms with Crippen LogP contribution >= 0.6 is 0 Å². The van der Waals surface area contributed by atoms with Crippen molar-refractivity contribution in [1.82, 2.24) is 24.9 Å². The summed E-state index contributed by atoms with van der Waals surface area (Å²) in [5, 5.41) is 7.17. The van der Waals surface area contributed by atoms with Crippen LogP contribution in [0, 0.1) is 11.8 Å². The van der Waals surface area contributed by atoms with Gasteiger partial charge in [-0.25, -0.2) is 0 Å². The smallest absolute Gasteiger partial charge is 0.269 e. The van der Waals surface area contributed by atoms with E-state index in [2.05, 4.69) is 15.3 Å². The summed E-state index contributed by atoms with van der Waals surface area (Å²) in [4.78, 5) is 29.5. The molecule has 4 fully saturated rings. The van der Waals surface area contributed by atoms with Crippen molar-refractivity contribution >= 4 is 11.8 Å². The molecule has 0 aromatic carbocycles. The number of hydrogen-bond donors (Lipinski definition) is 1. The molecular weight excluding hydrogens is 370 g/mol. The molecule has 0 unspecified atom stereocenters. The Morgan fingerprint density at radius 3 is 2.90 bits per heavy atom. The summed E-state index contributed by atoms with van der Waals surface area (Å²) in [6.45, 7) is 4.67. The topological polar surface area (TPSA) is 79.7 Å². The number of aromatic nitrogens is 2. The Morgan fingerprint density at radius 2 is 2.14 bits per heavy atom. The third-order valence-corrected chi connectivity index (χ3v) is 7.47. The van der Waals surface area contributed by atoms with Gasteiger partial charge in [-0.05, 0) is 38.2 Å². The van der Waals surface area contributed by atoms with E-state index in [1.807, 2.05) is 4.90 Å². The Hall–Kier alpha value is -1.93. The van der Waals surface area contributed by atoms with Crippen molar-refractivity contribution in [2.45, 2.75) is 43.8 Å². The Labute approximate surface area is 171 Å². The molecule has 0 radical (unpaired) electrons. The number of fused-ring (bicyclic) bond motifs is 1. The van der Waals surface area contributed by atoms with Gasteiger partial charge in [-0.15, -0.1) is 0 Å². The Balaban J connectivity index is 1.20. The van der Waals surface area contributed by atoms with E-state index in [1.165, 1.54) is 6.42 Å². The maximum atomic E-state index is 12.7. The molecule has 1 N–H and O–H groups in total. The first-order valence-electron chi connectivity index (χ1n) is 11.0. The third kappa shape index (κ3) is 3.36. The van der Waals surface area contributed by atoms with E-state index in [9.17, 15) is 9.59 Å². The number of amides is 2. The van der Waals surface area contributed by atoms with Gasteiger partial charge in [0.2, 0.25) is 5.91 Å². The number of nitrogens with one attached hydrogen (secondary N) is 1. The second-order valence-electron chi connectivity index (χ2n) is 9.19. The maximum Gasteiger partial charge on any atom is 0.269 e. The maximum absolute atomic E-state index is 12.7. The Bertz CT molecular complexity index is 789. The summed E-state index contributed by atoms with van der Waals surface area (Å²) in [6, 6.07) is 1.73. The fourth-order valence-corrected chi connectivity index (χ4v) is 6.01. The summed E-state index contributed by atoms with van der Waals surface area (Å²) in [6.07, 6.45) is 7.48. The summed E-state index contributed by atoms with van der Waals surface area (Å²) >= 11 is 0. The fraction of sp³-hybridized carbons (Fsp3) is 0.762. The van der Waals surface area contributed by atoms with Crippen molar-refractivity contribution in [3.8, 4) is 0 Å². The quantitative estimate of drug-likeness (QED) is 0.783. The average molecular weight is 402 g/mol. The van der Waals surface area contributed by atoms with Crippen LogP contribution in [0.3, 0.4) is 0 Å². The lowest BCUT2D eigenvalue weighted by molar-refractivity contribution is -0.133. The molecule has 1 aromatic heterocycles. The Kier molecular flexibility index (Phi) is 4.86. The third-order valence-electron chi connectivity index (χ3n) is 7.47. The molecule has 4 saturated heterocycles. The lowest BCUT2D eigenvalue weighted by atomic mass is 9.73. The van der Waals surface area contributed by atoms with E-state index in [0.717, 1.165) is 51.9 Å². The van der Waals surface area contributed by atoms with Gasteiger partial charge in [0.25, 0.3) is 5.91 Å². The van der Waals surface area contributed by atoms with Gasteiger partial charge in [-0.1, -0.05) is 0 Å². The van der Waals surface area contributed by atoms with E-state index < -0.39 is 0 Å². The number of hydrogen-bond acceptors (Lipinski definition) is 5. The Morgan fingerprint density at radius 1 is 1.31 bits per heavy atom. The molecule has 1 spiro atoms. The zero-order chi connectivity index (χ0) is 20.0. The molecule has 0 saturated carbocycles. The molecule has 4 aliphatic rings. The zero-order valence-corrected chi connectivity index (χ0v) is 17.2. The van der Waals surface area contributed by atoms with E-state index in [4.69, 9.17) is 4.74 Å². The second-order valence-corrected chi connectivity index (χ2v) is 9.19. The number of carbonyl (C=O) groups excluding carboxylic acids is 2. The van der Waals surface area contributed by atoms with E-state index >= 15 is 0 Å². The van der Waals surface area contributed by atoms with Crippen LogP contribution in [0.4, 0.5) is 0 Å². The number of ether oxygens (including phenoxy) is 1. The first-order valence-corrected chi connectivity index (χ1v) is 11.0. The molecule has 5 rings (SSSR count). The number of aryl methyl sites for hydroxylation is 1. The van der Waals surface area contributed by atoms with Gasteiger partial charge in [0.05, 0.1) is 18.2 Å². The standard InChI is InChI=1S/C21H31N5O3/c1-24-17(6-8-23-24)20(28)22-11-15-16-12-25(14-21(16)7-5-18(15)29-21)13-19(27)26-9-3-2-4-10-26/h6,8,15-16,18H,2-5,7,9-14H2,1H3,(H,22,28)/t15-,16+,18+,21+/m0/s1. The number of piperidine rings is 1. The molecule has 158 valence electrons. The minimum Gasteiger partial charge on any atom is -0.370 e. The van der Waals surface area contributed by atoms with Crippen LogP contribution in [0.15, 0.2) is 12.3 Å². The molecule has 2 amide bonds. The van der Waals surface area contributed by atoms with Gasteiger partial charge < -0.3 is 15.0 Å². The summed E-state index contributed by atoms with van der Waals surface area (Å²) in [5.74, 6) is 0.881. The first kappa shape index (κ1) is 19.1. The highest BCUT2D eigenvalue weighted by molar-refractivity contribution is 5.92. The van der Waals surface area contributed by atoms with Crippen LogP contribution in [0.25, 0.3) is 0 Å². The molecule has 4 aliphatic heterocycles. The molecule has 29 heavy (non-hydrogen) atoms. The molecule has 0 aliphatic carbocycles. The molecule has 2 bridgehead atoms. The molecule has 8 nitrogen and oxygen atoms in total. The van der Waals surface area contributed by atoms with Crippen LogP contribution in [0.5, 0.6) is 0 Å². The number of likely N-dealkylation sites (tertiary alicyclic amines) is 2. The zero-order valence-electron chi connectivity index (χ0n) is 17.2. The predicted octanol–water partition coefficient (Wildman–Crippen LogP) is 0.642. The van der Waals surface area contributed by atoms with Gasteiger partial charge >= 0.3 is 0 Å². The second kappa shape index (κ2) is 7.40. The van der Waals surface area contributed by atoms with Gasteiger partial charge in [0.15, 0.2) is 0 Å². The summed E-state index contributed by atoms with van der Waals surface area (Å²) < 4.78 is 8.06. The highest BCUT2D eigenvalue weighted by Crippen LogP contribution is 2.54. The fourth-order valence-electron chi connectivity index (χ4n) is 6.01. The largest absolute Gasteiger partial charge is 0.370 e. The number of rotatable bonds is 5. The van der Waals surface area contributed by atoms with Crippen molar-refractivity contribution in [1.29, 1.82) is 0 Å². The van der Waals surface area contributed by atoms with E-state index in [0.29, 0.717) is 30.6 Å². The first-order chi connectivity index (χ1) is 14.1. The molecule has 4 atom stereocenters. The normalized spacial score (nSPS) is 33.8. The monoisotopic (exact) mass is 401 g/mol. The molecule has 1 aromatic rings. The predicted molar refractivity (Wildman–Crippen MR) is 106 cm³/mol. The highest BCUT2D eigenvalue weighted by Gasteiger charge is 2.62. The number of carbonyl (C=O) groups is 2. The summed E-state index contributed by atoms with van der Waals surface area (Å²) in [5.41, 5.74) is 0.457. The van der Waals surface area contributed by atoms with Gasteiger partial charge in [0.1, 0.15) is 5.69 Å². The lowest BCUT2D eigenvalue weighted by Gasteiger charge is -2.29. The number of nitrogens with zero attached hydrogens (tertiary/aromatic N) is 4. The highest BCUT2D eigenvalue weighted by atomic mass is 16.5. The van der Waals surface area contributed by atoms with Gasteiger partial charge in [0, 0.05) is 57.8 Å². The van der Waals surface area contributed by atoms with Crippen LogP contribution in [-0.4, -0.2) is 82.4 Å². The van der Waals surface area contributed by atoms with Crippen molar-refractivity contribution in [3.05, 3.63) is 18.0 Å². The van der Waals surface area contributed by atoms with E-state index in [1.54, 1.807) is 24.0 Å². The van der Waals surface area contributed by atoms with Crippen LogP contribution in [0.1, 0.15) is 42.6 Å². The molecule has 5 heterocycles. The van der Waals surface area contributed by atoms with Crippen molar-refractivity contribution in [2.75, 3.05) is 39.3 Å². The van der Waals surface area contributed by atoms with Crippen molar-refractivity contribution in [3.63, 3.8) is 0 Å². The minimum absolute atomic E-state index is 0.0862. The van der Waals surface area contributed by atoms with E-state index in [-0.39, 0.29) is 23.5 Å². The summed E-state index contributed by atoms with van der Waals surface area (Å²) in [7, 11) is 1.78. The molecular formula is C21H31N5O3. The van der Waals surface area contributed by atoms with Crippen LogP contribution in [0.2, 0.25) is 0 Å². The van der Waals surface area contributed by atoms with Gasteiger partial charge in [-0.2, -0.15) is 5.10 Å². The average Bonchev–Trinajstić information content (AvgIpc) is 3.47. The lowest BCUT2D eigenvalue weighted by Crippen LogP contribution is -2.43.